The van der Waals surface area contributed by atoms with Crippen molar-refractivity contribution in [2.75, 3.05) is 0 Å². The van der Waals surface area contributed by atoms with E-state index < -0.39 is 0 Å². The average Bonchev–Trinajstić information content (AvgIpc) is 2.79. The Labute approximate surface area is 140 Å². The van der Waals surface area contributed by atoms with Crippen LogP contribution in [0, 0.1) is 34.5 Å². The van der Waals surface area contributed by atoms with Gasteiger partial charge in [0.2, 0.25) is 0 Å². The first-order valence-corrected chi connectivity index (χ1v) is 9.58. The molecule has 2 N–H and O–H groups in total. The van der Waals surface area contributed by atoms with Crippen LogP contribution < -0.4 is 0 Å². The highest BCUT2D eigenvalue weighted by atomic mass is 16.3. The molecule has 4 aliphatic rings. The number of hydrogen-bond acceptors (Lipinski definition) is 2. The van der Waals surface area contributed by atoms with Crippen LogP contribution in [-0.2, 0) is 0 Å². The summed E-state index contributed by atoms with van der Waals surface area (Å²) >= 11 is 0. The molecule has 4 rings (SSSR count). The van der Waals surface area contributed by atoms with Crippen LogP contribution in [0.15, 0.2) is 24.3 Å². The van der Waals surface area contributed by atoms with Gasteiger partial charge in [0.25, 0.3) is 0 Å². The summed E-state index contributed by atoms with van der Waals surface area (Å²) in [6.45, 7) is 8.87. The van der Waals surface area contributed by atoms with Crippen molar-refractivity contribution in [2.24, 2.45) is 34.5 Å². The minimum absolute atomic E-state index is 0.0793. The molecule has 3 saturated carbocycles. The van der Waals surface area contributed by atoms with Crippen LogP contribution in [-0.4, -0.2) is 22.4 Å². The van der Waals surface area contributed by atoms with Gasteiger partial charge in [-0.2, -0.15) is 0 Å². The second-order valence-corrected chi connectivity index (χ2v) is 9.27. The molecule has 3 fully saturated rings. The standard InChI is InChI=1S/C21H32O2/c1-4-13-11-18(23)21(3)10-8-17-16(19(13)21)6-5-14-12-15(22)7-9-20(14,17)2/h4-5,13,15-19,22-23H,1,6-12H2,2-3H3/t13?,15?,16-,17-,18?,19+,20+,21-/m1/s1. The van der Waals surface area contributed by atoms with Gasteiger partial charge in [-0.25, -0.2) is 0 Å². The van der Waals surface area contributed by atoms with Crippen molar-refractivity contribution in [3.63, 3.8) is 0 Å². The Balaban J connectivity index is 1.72. The normalized spacial score (nSPS) is 55.4. The summed E-state index contributed by atoms with van der Waals surface area (Å²) in [5.41, 5.74) is 1.88. The van der Waals surface area contributed by atoms with Gasteiger partial charge in [0.05, 0.1) is 12.2 Å². The Morgan fingerprint density at radius 1 is 1.22 bits per heavy atom. The van der Waals surface area contributed by atoms with Crippen molar-refractivity contribution in [1.29, 1.82) is 0 Å². The van der Waals surface area contributed by atoms with Crippen LogP contribution in [0.5, 0.6) is 0 Å². The highest BCUT2D eigenvalue weighted by molar-refractivity contribution is 5.26. The van der Waals surface area contributed by atoms with E-state index in [0.717, 1.165) is 44.4 Å². The van der Waals surface area contributed by atoms with Crippen LogP contribution in [0.4, 0.5) is 0 Å². The second kappa shape index (κ2) is 5.20. The van der Waals surface area contributed by atoms with E-state index in [1.807, 2.05) is 0 Å². The van der Waals surface area contributed by atoms with Crippen molar-refractivity contribution in [1.82, 2.24) is 0 Å². The van der Waals surface area contributed by atoms with Crippen molar-refractivity contribution in [3.05, 3.63) is 24.3 Å². The monoisotopic (exact) mass is 316 g/mol. The van der Waals surface area contributed by atoms with E-state index in [0.29, 0.717) is 17.8 Å². The summed E-state index contributed by atoms with van der Waals surface area (Å²) in [5.74, 6) is 2.45. The lowest BCUT2D eigenvalue weighted by molar-refractivity contribution is -0.0759. The summed E-state index contributed by atoms with van der Waals surface area (Å²) in [5, 5.41) is 20.8. The number of allylic oxidation sites excluding steroid dienone is 2. The molecule has 0 heterocycles. The first kappa shape index (κ1) is 15.9. The minimum Gasteiger partial charge on any atom is -0.393 e. The summed E-state index contributed by atoms with van der Waals surface area (Å²) in [6, 6.07) is 0. The molecule has 0 amide bonds. The molecule has 0 aromatic heterocycles. The van der Waals surface area contributed by atoms with E-state index in [-0.39, 0.29) is 23.0 Å². The smallest absolute Gasteiger partial charge is 0.0602 e. The molecule has 0 radical (unpaired) electrons. The zero-order valence-corrected chi connectivity index (χ0v) is 14.7. The maximum absolute atomic E-state index is 10.7. The summed E-state index contributed by atoms with van der Waals surface area (Å²) in [6.07, 6.45) is 11.7. The Bertz CT molecular complexity index is 538. The van der Waals surface area contributed by atoms with Crippen molar-refractivity contribution in [3.8, 4) is 0 Å². The number of rotatable bonds is 1. The van der Waals surface area contributed by atoms with E-state index in [2.05, 4.69) is 32.6 Å². The van der Waals surface area contributed by atoms with Gasteiger partial charge in [-0.3, -0.25) is 0 Å². The molecule has 2 heteroatoms. The predicted octanol–water partition coefficient (Wildman–Crippen LogP) is 4.08. The Kier molecular flexibility index (Phi) is 3.59. The Morgan fingerprint density at radius 2 is 2.00 bits per heavy atom. The van der Waals surface area contributed by atoms with Gasteiger partial charge < -0.3 is 10.2 Å². The summed E-state index contributed by atoms with van der Waals surface area (Å²) < 4.78 is 0. The number of aliphatic hydroxyl groups excluding tert-OH is 2. The molecule has 128 valence electrons. The average molecular weight is 316 g/mol. The van der Waals surface area contributed by atoms with E-state index in [1.165, 1.54) is 12.0 Å². The summed E-state index contributed by atoms with van der Waals surface area (Å²) in [7, 11) is 0. The van der Waals surface area contributed by atoms with Gasteiger partial charge >= 0.3 is 0 Å². The fourth-order valence-electron chi connectivity index (χ4n) is 7.03. The Hall–Kier alpha value is -0.600. The molecule has 4 aliphatic carbocycles. The molecule has 0 aliphatic heterocycles. The van der Waals surface area contributed by atoms with Gasteiger partial charge in [-0.1, -0.05) is 31.6 Å². The van der Waals surface area contributed by atoms with Gasteiger partial charge in [0.1, 0.15) is 0 Å². The first-order chi connectivity index (χ1) is 10.9. The van der Waals surface area contributed by atoms with Gasteiger partial charge in [-0.05, 0) is 79.4 Å². The minimum atomic E-state index is -0.164. The fourth-order valence-corrected chi connectivity index (χ4v) is 7.03. The molecular weight excluding hydrogens is 284 g/mol. The fraction of sp³-hybridized carbons (Fsp3) is 0.810. The number of fused-ring (bicyclic) bond motifs is 5. The largest absolute Gasteiger partial charge is 0.393 e. The second-order valence-electron chi connectivity index (χ2n) is 9.27. The maximum Gasteiger partial charge on any atom is 0.0602 e. The van der Waals surface area contributed by atoms with Crippen LogP contribution in [0.1, 0.15) is 58.8 Å². The SMILES string of the molecule is C=CC1CC(O)[C@@]2(C)CC[C@@H]3[C@@H](CC=C4CC(O)CC[C@@]43C)[C@H]12. The van der Waals surface area contributed by atoms with Crippen LogP contribution in [0.3, 0.4) is 0 Å². The van der Waals surface area contributed by atoms with E-state index >= 15 is 0 Å². The highest BCUT2D eigenvalue weighted by Crippen LogP contribution is 2.66. The molecular formula is C21H32O2. The quantitative estimate of drug-likeness (QED) is 0.716. The van der Waals surface area contributed by atoms with Crippen molar-refractivity contribution < 1.29 is 10.2 Å². The highest BCUT2D eigenvalue weighted by Gasteiger charge is 2.60. The van der Waals surface area contributed by atoms with Gasteiger partial charge in [0.15, 0.2) is 0 Å². The number of hydrogen-bond donors (Lipinski definition) is 2. The maximum atomic E-state index is 10.7. The molecule has 0 aromatic carbocycles. The third-order valence-corrected chi connectivity index (χ3v) is 8.40. The lowest BCUT2D eigenvalue weighted by Gasteiger charge is -2.58. The molecule has 0 bridgehead atoms. The third kappa shape index (κ3) is 2.07. The lowest BCUT2D eigenvalue weighted by Crippen LogP contribution is -2.52. The molecule has 0 saturated heterocycles. The summed E-state index contributed by atoms with van der Waals surface area (Å²) in [4.78, 5) is 0. The predicted molar refractivity (Wildman–Crippen MR) is 92.8 cm³/mol. The van der Waals surface area contributed by atoms with Crippen LogP contribution >= 0.6 is 0 Å². The third-order valence-electron chi connectivity index (χ3n) is 8.40. The molecule has 0 spiro atoms. The van der Waals surface area contributed by atoms with Crippen molar-refractivity contribution in [2.45, 2.75) is 71.0 Å². The van der Waals surface area contributed by atoms with E-state index in [1.54, 1.807) is 0 Å². The van der Waals surface area contributed by atoms with Gasteiger partial charge in [0, 0.05) is 0 Å². The molecule has 3 unspecified atom stereocenters. The van der Waals surface area contributed by atoms with E-state index in [4.69, 9.17) is 0 Å². The molecule has 23 heavy (non-hydrogen) atoms. The topological polar surface area (TPSA) is 40.5 Å². The Morgan fingerprint density at radius 3 is 2.74 bits per heavy atom. The molecule has 8 atom stereocenters. The number of aliphatic hydroxyl groups is 2. The molecule has 0 aromatic rings. The molecule has 2 nitrogen and oxygen atoms in total. The van der Waals surface area contributed by atoms with Crippen LogP contribution in [0.2, 0.25) is 0 Å². The van der Waals surface area contributed by atoms with Crippen LogP contribution in [0.25, 0.3) is 0 Å². The zero-order chi connectivity index (χ0) is 16.4. The van der Waals surface area contributed by atoms with Gasteiger partial charge in [-0.15, -0.1) is 6.58 Å². The lowest BCUT2D eigenvalue weighted by atomic mass is 9.47. The zero-order valence-electron chi connectivity index (χ0n) is 14.7. The first-order valence-electron chi connectivity index (χ1n) is 9.58. The van der Waals surface area contributed by atoms with E-state index in [9.17, 15) is 10.2 Å². The van der Waals surface area contributed by atoms with Crippen molar-refractivity contribution >= 4 is 0 Å².